The highest BCUT2D eigenvalue weighted by Crippen LogP contribution is 2.15. The molecule has 0 aliphatic heterocycles. The molecule has 1 aromatic rings. The zero-order valence-corrected chi connectivity index (χ0v) is 9.07. The van der Waals surface area contributed by atoms with Gasteiger partial charge in [0, 0.05) is 13.0 Å². The zero-order chi connectivity index (χ0) is 11.1. The highest BCUT2D eigenvalue weighted by atomic mass is 16.1. The van der Waals surface area contributed by atoms with Crippen molar-refractivity contribution in [2.75, 3.05) is 0 Å². The Morgan fingerprint density at radius 1 is 1.27 bits per heavy atom. The molecule has 0 amide bonds. The minimum Gasteiger partial charge on any atom is -0.326 e. The molecule has 1 aromatic carbocycles. The van der Waals surface area contributed by atoms with Crippen LogP contribution in [0.1, 0.15) is 30.9 Å². The van der Waals surface area contributed by atoms with Gasteiger partial charge in [0.2, 0.25) is 0 Å². The number of unbranched alkanes of at least 4 members (excludes halogenated alkanes) is 1. The maximum absolute atomic E-state index is 10.2. The summed E-state index contributed by atoms with van der Waals surface area (Å²) in [5, 5.41) is 0. The van der Waals surface area contributed by atoms with Gasteiger partial charge in [0.1, 0.15) is 6.29 Å². The predicted octanol–water partition coefficient (Wildman–Crippen LogP) is 2.53. The first kappa shape index (κ1) is 11.7. The molecule has 0 aromatic heterocycles. The van der Waals surface area contributed by atoms with Crippen LogP contribution in [0, 0.1) is 0 Å². The Labute approximate surface area is 90.8 Å². The van der Waals surface area contributed by atoms with Crippen molar-refractivity contribution in [3.05, 3.63) is 41.5 Å². The van der Waals surface area contributed by atoms with Crippen molar-refractivity contribution in [2.24, 2.45) is 5.73 Å². The number of carbonyl (C=O) groups is 1. The lowest BCUT2D eigenvalue weighted by atomic mass is 10.0. The van der Waals surface area contributed by atoms with Crippen molar-refractivity contribution < 1.29 is 4.79 Å². The zero-order valence-electron chi connectivity index (χ0n) is 9.07. The average molecular weight is 203 g/mol. The number of nitrogens with two attached hydrogens (primary N) is 1. The lowest BCUT2D eigenvalue weighted by Crippen LogP contribution is -1.95. The van der Waals surface area contributed by atoms with Crippen LogP contribution in [-0.2, 0) is 11.3 Å². The summed E-state index contributed by atoms with van der Waals surface area (Å²) in [6.07, 6.45) is 4.44. The summed E-state index contributed by atoms with van der Waals surface area (Å²) in [5.74, 6) is 0. The van der Waals surface area contributed by atoms with E-state index in [-0.39, 0.29) is 0 Å². The maximum Gasteiger partial charge on any atom is 0.120 e. The molecule has 2 heteroatoms. The first-order valence-electron chi connectivity index (χ1n) is 5.17. The minimum absolute atomic E-state index is 0.578. The normalized spacial score (nSPS) is 11.5. The molecule has 0 heterocycles. The number of hydrogen-bond acceptors (Lipinski definition) is 2. The van der Waals surface area contributed by atoms with Crippen molar-refractivity contribution in [1.29, 1.82) is 0 Å². The van der Waals surface area contributed by atoms with E-state index in [1.165, 1.54) is 11.1 Å². The van der Waals surface area contributed by atoms with Crippen LogP contribution in [0.2, 0.25) is 0 Å². The third-order valence-corrected chi connectivity index (χ3v) is 2.38. The quantitative estimate of drug-likeness (QED) is 0.590. The summed E-state index contributed by atoms with van der Waals surface area (Å²) >= 11 is 0. The Bertz CT molecular complexity index is 338. The highest BCUT2D eigenvalue weighted by molar-refractivity contribution is 5.64. The van der Waals surface area contributed by atoms with E-state index in [0.717, 1.165) is 18.3 Å². The molecule has 2 nitrogen and oxygen atoms in total. The smallest absolute Gasteiger partial charge is 0.120 e. The van der Waals surface area contributed by atoms with Gasteiger partial charge in [-0.3, -0.25) is 0 Å². The van der Waals surface area contributed by atoms with Crippen LogP contribution in [-0.4, -0.2) is 6.29 Å². The molecule has 0 unspecified atom stereocenters. The van der Waals surface area contributed by atoms with Crippen LogP contribution in [0.5, 0.6) is 0 Å². The molecule has 0 aliphatic rings. The van der Waals surface area contributed by atoms with Crippen LogP contribution in [0.3, 0.4) is 0 Å². The van der Waals surface area contributed by atoms with Gasteiger partial charge in [0.15, 0.2) is 0 Å². The largest absolute Gasteiger partial charge is 0.326 e. The Morgan fingerprint density at radius 3 is 2.47 bits per heavy atom. The fourth-order valence-corrected chi connectivity index (χ4v) is 1.39. The Kier molecular flexibility index (Phi) is 4.78. The van der Waals surface area contributed by atoms with Gasteiger partial charge in [-0.15, -0.1) is 0 Å². The first-order valence-corrected chi connectivity index (χ1v) is 5.17. The number of aldehydes is 1. The van der Waals surface area contributed by atoms with Crippen molar-refractivity contribution >= 4 is 11.9 Å². The lowest BCUT2D eigenvalue weighted by Gasteiger charge is -2.02. The first-order chi connectivity index (χ1) is 7.27. The SMILES string of the molecule is C/C(=C\CCC=O)c1ccc(CN)cc1. The number of rotatable bonds is 5. The van der Waals surface area contributed by atoms with Crippen LogP contribution >= 0.6 is 0 Å². The van der Waals surface area contributed by atoms with Crippen molar-refractivity contribution in [3.63, 3.8) is 0 Å². The fourth-order valence-electron chi connectivity index (χ4n) is 1.39. The van der Waals surface area contributed by atoms with E-state index in [1.807, 2.05) is 12.1 Å². The molecule has 80 valence electrons. The number of carbonyl (C=O) groups excluding carboxylic acids is 1. The van der Waals surface area contributed by atoms with E-state index in [0.29, 0.717) is 13.0 Å². The highest BCUT2D eigenvalue weighted by Gasteiger charge is 1.95. The molecule has 0 spiro atoms. The molecule has 0 aliphatic carbocycles. The molecule has 0 radical (unpaired) electrons. The van der Waals surface area contributed by atoms with Gasteiger partial charge in [0.25, 0.3) is 0 Å². The van der Waals surface area contributed by atoms with E-state index in [9.17, 15) is 4.79 Å². The van der Waals surface area contributed by atoms with Gasteiger partial charge in [-0.1, -0.05) is 30.3 Å². The van der Waals surface area contributed by atoms with E-state index in [4.69, 9.17) is 5.73 Å². The molecule has 0 saturated heterocycles. The second-order valence-electron chi connectivity index (χ2n) is 3.53. The van der Waals surface area contributed by atoms with Gasteiger partial charge in [0.05, 0.1) is 0 Å². The Hall–Kier alpha value is -1.41. The van der Waals surface area contributed by atoms with E-state index in [2.05, 4.69) is 25.1 Å². The second-order valence-corrected chi connectivity index (χ2v) is 3.53. The lowest BCUT2D eigenvalue weighted by molar-refractivity contribution is -0.107. The molecular weight excluding hydrogens is 186 g/mol. The van der Waals surface area contributed by atoms with Crippen LogP contribution in [0.25, 0.3) is 5.57 Å². The third kappa shape index (κ3) is 3.68. The molecule has 0 fully saturated rings. The monoisotopic (exact) mass is 203 g/mol. The van der Waals surface area contributed by atoms with Crippen LogP contribution < -0.4 is 5.73 Å². The standard InChI is InChI=1S/C13H17NO/c1-11(4-2-3-9-15)13-7-5-12(10-14)6-8-13/h4-9H,2-3,10,14H2,1H3/b11-4+. The summed E-state index contributed by atoms with van der Waals surface area (Å²) in [7, 11) is 0. The molecule has 0 atom stereocenters. The second kappa shape index (κ2) is 6.14. The van der Waals surface area contributed by atoms with Gasteiger partial charge in [-0.25, -0.2) is 0 Å². The summed E-state index contributed by atoms with van der Waals surface area (Å²) < 4.78 is 0. The number of benzene rings is 1. The summed E-state index contributed by atoms with van der Waals surface area (Å²) in [6, 6.07) is 8.20. The molecule has 1 rings (SSSR count). The summed E-state index contributed by atoms with van der Waals surface area (Å²) in [5.41, 5.74) is 9.06. The summed E-state index contributed by atoms with van der Waals surface area (Å²) in [4.78, 5) is 10.2. The molecule has 0 saturated carbocycles. The minimum atomic E-state index is 0.578. The van der Waals surface area contributed by atoms with Crippen molar-refractivity contribution in [3.8, 4) is 0 Å². The van der Waals surface area contributed by atoms with E-state index in [1.54, 1.807) is 0 Å². The van der Waals surface area contributed by atoms with Crippen LogP contribution in [0.4, 0.5) is 0 Å². The fraction of sp³-hybridized carbons (Fsp3) is 0.308. The van der Waals surface area contributed by atoms with E-state index < -0.39 is 0 Å². The van der Waals surface area contributed by atoms with Crippen molar-refractivity contribution in [2.45, 2.75) is 26.3 Å². The molecular formula is C13H17NO. The van der Waals surface area contributed by atoms with Gasteiger partial charge >= 0.3 is 0 Å². The molecule has 0 bridgehead atoms. The average Bonchev–Trinajstić information content (AvgIpc) is 2.29. The topological polar surface area (TPSA) is 43.1 Å². The van der Waals surface area contributed by atoms with Gasteiger partial charge in [-0.2, -0.15) is 0 Å². The maximum atomic E-state index is 10.2. The van der Waals surface area contributed by atoms with Crippen LogP contribution in [0.15, 0.2) is 30.3 Å². The third-order valence-electron chi connectivity index (χ3n) is 2.38. The Balaban J connectivity index is 2.68. The number of allylic oxidation sites excluding steroid dienone is 2. The predicted molar refractivity (Wildman–Crippen MR) is 63.3 cm³/mol. The summed E-state index contributed by atoms with van der Waals surface area (Å²) in [6.45, 7) is 2.64. The van der Waals surface area contributed by atoms with Gasteiger partial charge in [-0.05, 0) is 30.0 Å². The Morgan fingerprint density at radius 2 is 1.93 bits per heavy atom. The van der Waals surface area contributed by atoms with E-state index >= 15 is 0 Å². The molecule has 15 heavy (non-hydrogen) atoms. The number of hydrogen-bond donors (Lipinski definition) is 1. The molecule has 2 N–H and O–H groups in total. The van der Waals surface area contributed by atoms with Crippen molar-refractivity contribution in [1.82, 2.24) is 0 Å². The van der Waals surface area contributed by atoms with Gasteiger partial charge < -0.3 is 10.5 Å².